The maximum Gasteiger partial charge on any atom is 0.265 e. The molecule has 2 amide bonds. The Balaban J connectivity index is 1.66. The third-order valence-corrected chi connectivity index (χ3v) is 5.29. The topological polar surface area (TPSA) is 58.6 Å². The van der Waals surface area contributed by atoms with Crippen LogP contribution in [0.4, 0.5) is 5.69 Å². The van der Waals surface area contributed by atoms with Crippen LogP contribution in [0.2, 0.25) is 0 Å². The lowest BCUT2D eigenvalue weighted by molar-refractivity contribution is -0.122. The number of amides is 2. The average molecular weight is 395 g/mol. The van der Waals surface area contributed by atoms with E-state index in [4.69, 9.17) is 4.74 Å². The smallest absolute Gasteiger partial charge is 0.265 e. The highest BCUT2D eigenvalue weighted by Gasteiger charge is 2.23. The van der Waals surface area contributed by atoms with Gasteiger partial charge in [-0.2, -0.15) is 0 Å². The summed E-state index contributed by atoms with van der Waals surface area (Å²) in [7, 11) is 0. The number of carbonyl (C=O) groups is 2. The minimum Gasteiger partial charge on any atom is -0.481 e. The predicted molar refractivity (Wildman–Crippen MR) is 115 cm³/mol. The molecule has 0 aromatic heterocycles. The number of hydrogen-bond acceptors (Lipinski definition) is 3. The maximum atomic E-state index is 12.9. The first-order chi connectivity index (χ1) is 14.0. The van der Waals surface area contributed by atoms with Gasteiger partial charge in [-0.15, -0.1) is 0 Å². The number of rotatable bonds is 6. The van der Waals surface area contributed by atoms with Gasteiger partial charge in [-0.3, -0.25) is 9.59 Å². The Morgan fingerprint density at radius 3 is 2.24 bits per heavy atom. The highest BCUT2D eigenvalue weighted by atomic mass is 16.5. The zero-order valence-electron chi connectivity index (χ0n) is 17.5. The van der Waals surface area contributed by atoms with E-state index >= 15 is 0 Å². The van der Waals surface area contributed by atoms with E-state index in [0.29, 0.717) is 22.9 Å². The van der Waals surface area contributed by atoms with Crippen molar-refractivity contribution in [2.75, 3.05) is 18.4 Å². The van der Waals surface area contributed by atoms with Gasteiger partial charge in [0.1, 0.15) is 5.75 Å². The van der Waals surface area contributed by atoms with Crippen molar-refractivity contribution >= 4 is 17.5 Å². The number of anilines is 1. The fourth-order valence-corrected chi connectivity index (χ4v) is 3.47. The Labute approximate surface area is 173 Å². The number of nitrogens with zero attached hydrogens (tertiary/aromatic N) is 1. The monoisotopic (exact) mass is 394 g/mol. The van der Waals surface area contributed by atoms with Crippen LogP contribution in [-0.2, 0) is 4.79 Å². The number of piperidine rings is 1. The molecule has 1 heterocycles. The normalized spacial score (nSPS) is 15.1. The fourth-order valence-electron chi connectivity index (χ4n) is 3.47. The van der Waals surface area contributed by atoms with Crippen molar-refractivity contribution in [3.63, 3.8) is 0 Å². The summed E-state index contributed by atoms with van der Waals surface area (Å²) in [4.78, 5) is 27.4. The Morgan fingerprint density at radius 1 is 0.931 bits per heavy atom. The lowest BCUT2D eigenvalue weighted by atomic mass is 10.0. The van der Waals surface area contributed by atoms with Crippen molar-refractivity contribution in [3.05, 3.63) is 59.7 Å². The summed E-state index contributed by atoms with van der Waals surface area (Å²) in [5.74, 6) is 0.781. The Morgan fingerprint density at radius 2 is 1.59 bits per heavy atom. The van der Waals surface area contributed by atoms with Crippen molar-refractivity contribution in [1.82, 2.24) is 4.90 Å². The molecule has 0 saturated carbocycles. The Kier molecular flexibility index (Phi) is 6.91. The van der Waals surface area contributed by atoms with Crippen molar-refractivity contribution in [1.29, 1.82) is 0 Å². The fraction of sp³-hybridized carbons (Fsp3) is 0.417. The summed E-state index contributed by atoms with van der Waals surface area (Å²) in [6.07, 6.45) is 2.54. The van der Waals surface area contributed by atoms with Crippen LogP contribution in [0.3, 0.4) is 0 Å². The molecular weight excluding hydrogens is 364 g/mol. The molecule has 154 valence electrons. The van der Waals surface area contributed by atoms with Crippen molar-refractivity contribution in [2.24, 2.45) is 0 Å². The van der Waals surface area contributed by atoms with Crippen LogP contribution in [0.5, 0.6) is 5.75 Å². The van der Waals surface area contributed by atoms with Crippen LogP contribution in [0.25, 0.3) is 0 Å². The molecule has 0 radical (unpaired) electrons. The van der Waals surface area contributed by atoms with Gasteiger partial charge in [-0.25, -0.2) is 0 Å². The number of hydrogen-bond donors (Lipinski definition) is 1. The second kappa shape index (κ2) is 9.59. The zero-order valence-corrected chi connectivity index (χ0v) is 17.5. The summed E-state index contributed by atoms with van der Waals surface area (Å²) in [6.45, 7) is 7.52. The number of para-hydroxylation sites is 1. The van der Waals surface area contributed by atoms with Gasteiger partial charge in [0.15, 0.2) is 6.10 Å². The molecular formula is C24H30N2O3. The number of benzene rings is 2. The molecule has 1 N–H and O–H groups in total. The van der Waals surface area contributed by atoms with Gasteiger partial charge in [0, 0.05) is 13.1 Å². The minimum atomic E-state index is -0.682. The van der Waals surface area contributed by atoms with Crippen LogP contribution in [-0.4, -0.2) is 35.9 Å². The second-order valence-corrected chi connectivity index (χ2v) is 7.87. The predicted octanol–water partition coefficient (Wildman–Crippen LogP) is 4.84. The lowest BCUT2D eigenvalue weighted by Gasteiger charge is -2.27. The van der Waals surface area contributed by atoms with E-state index in [2.05, 4.69) is 19.2 Å². The van der Waals surface area contributed by atoms with Crippen LogP contribution >= 0.6 is 0 Å². The molecule has 0 unspecified atom stereocenters. The lowest BCUT2D eigenvalue weighted by Crippen LogP contribution is -2.36. The van der Waals surface area contributed by atoms with Crippen LogP contribution < -0.4 is 10.1 Å². The number of carbonyl (C=O) groups excluding carboxylic acids is 2. The molecule has 5 heteroatoms. The molecule has 0 spiro atoms. The van der Waals surface area contributed by atoms with Crippen molar-refractivity contribution in [3.8, 4) is 5.75 Å². The molecule has 3 rings (SSSR count). The Hall–Kier alpha value is -2.82. The van der Waals surface area contributed by atoms with E-state index in [1.807, 2.05) is 41.3 Å². The van der Waals surface area contributed by atoms with E-state index in [9.17, 15) is 9.59 Å². The first-order valence-electron chi connectivity index (χ1n) is 10.4. The van der Waals surface area contributed by atoms with Crippen LogP contribution in [0, 0.1) is 0 Å². The van der Waals surface area contributed by atoms with E-state index in [1.54, 1.807) is 19.1 Å². The number of ether oxygens (including phenoxy) is 1. The molecule has 1 fully saturated rings. The SMILES string of the molecule is CC(C)c1ccc(O[C@H](C)C(=O)Nc2ccccc2C(=O)N2CCCCC2)cc1. The largest absolute Gasteiger partial charge is 0.481 e. The summed E-state index contributed by atoms with van der Waals surface area (Å²) in [5.41, 5.74) is 2.27. The van der Waals surface area contributed by atoms with Crippen LogP contribution in [0.1, 0.15) is 61.9 Å². The summed E-state index contributed by atoms with van der Waals surface area (Å²) in [5, 5.41) is 2.87. The van der Waals surface area contributed by atoms with Gasteiger partial charge in [0.05, 0.1) is 11.3 Å². The highest BCUT2D eigenvalue weighted by molar-refractivity contribution is 6.04. The first-order valence-corrected chi connectivity index (χ1v) is 10.4. The standard InChI is InChI=1S/C24H30N2O3/c1-17(2)19-11-13-20(14-12-19)29-18(3)23(27)25-22-10-6-5-9-21(22)24(28)26-15-7-4-8-16-26/h5-6,9-14,17-18H,4,7-8,15-16H2,1-3H3,(H,25,27)/t18-/m1/s1. The first kappa shape index (κ1) is 20.9. The summed E-state index contributed by atoms with van der Waals surface area (Å²) in [6, 6.07) is 15.0. The Bertz CT molecular complexity index is 839. The van der Waals surface area contributed by atoms with E-state index in [0.717, 1.165) is 32.4 Å². The molecule has 0 aliphatic carbocycles. The molecule has 1 atom stereocenters. The summed E-state index contributed by atoms with van der Waals surface area (Å²) >= 11 is 0. The van der Waals surface area contributed by atoms with E-state index in [1.165, 1.54) is 5.56 Å². The van der Waals surface area contributed by atoms with Gasteiger partial charge in [-0.1, -0.05) is 38.1 Å². The second-order valence-electron chi connectivity index (χ2n) is 7.87. The third-order valence-electron chi connectivity index (χ3n) is 5.29. The van der Waals surface area contributed by atoms with Crippen LogP contribution in [0.15, 0.2) is 48.5 Å². The van der Waals surface area contributed by atoms with E-state index < -0.39 is 6.10 Å². The van der Waals surface area contributed by atoms with Gasteiger partial charge in [0.2, 0.25) is 0 Å². The molecule has 1 aliphatic heterocycles. The molecule has 29 heavy (non-hydrogen) atoms. The number of nitrogens with one attached hydrogen (secondary N) is 1. The molecule has 5 nitrogen and oxygen atoms in total. The van der Waals surface area contributed by atoms with Gasteiger partial charge in [0.25, 0.3) is 11.8 Å². The van der Waals surface area contributed by atoms with Crippen molar-refractivity contribution < 1.29 is 14.3 Å². The van der Waals surface area contributed by atoms with E-state index in [-0.39, 0.29) is 11.8 Å². The molecule has 1 aliphatic rings. The van der Waals surface area contributed by atoms with Gasteiger partial charge in [-0.05, 0) is 61.9 Å². The highest BCUT2D eigenvalue weighted by Crippen LogP contribution is 2.22. The molecule has 1 saturated heterocycles. The molecule has 0 bridgehead atoms. The molecule has 2 aromatic carbocycles. The quantitative estimate of drug-likeness (QED) is 0.762. The van der Waals surface area contributed by atoms with Gasteiger partial charge >= 0.3 is 0 Å². The average Bonchev–Trinajstić information content (AvgIpc) is 2.74. The third kappa shape index (κ3) is 5.37. The molecule has 2 aromatic rings. The maximum absolute atomic E-state index is 12.9. The zero-order chi connectivity index (χ0) is 20.8. The van der Waals surface area contributed by atoms with Gasteiger partial charge < -0.3 is 15.0 Å². The minimum absolute atomic E-state index is 0.0292. The van der Waals surface area contributed by atoms with Crippen molar-refractivity contribution in [2.45, 2.75) is 52.1 Å². The summed E-state index contributed by atoms with van der Waals surface area (Å²) < 4.78 is 5.79. The number of likely N-dealkylation sites (tertiary alicyclic amines) is 1.